The quantitative estimate of drug-likeness (QED) is 0.590. The molecule has 0 bridgehead atoms. The molecule has 1 amide bonds. The fourth-order valence-corrected chi connectivity index (χ4v) is 2.78. The fourth-order valence-electron chi connectivity index (χ4n) is 2.78. The lowest BCUT2D eigenvalue weighted by molar-refractivity contribution is -0.121. The summed E-state index contributed by atoms with van der Waals surface area (Å²) in [4.78, 5) is 25.4. The summed E-state index contributed by atoms with van der Waals surface area (Å²) >= 11 is 0. The molecule has 1 aliphatic heterocycles. The fraction of sp³-hybridized carbons (Fsp3) is 0.556. The number of benzene rings is 1. The second-order valence-corrected chi connectivity index (χ2v) is 6.12. The number of hydrogen-bond acceptors (Lipinski definition) is 4. The van der Waals surface area contributed by atoms with Gasteiger partial charge in [-0.2, -0.15) is 0 Å². The molecular weight excluding hydrogens is 292 g/mol. The third kappa shape index (κ3) is 5.67. The van der Waals surface area contributed by atoms with Gasteiger partial charge in [-0.05, 0) is 51.9 Å². The summed E-state index contributed by atoms with van der Waals surface area (Å²) in [5.74, 6) is 0.767. The third-order valence-corrected chi connectivity index (χ3v) is 4.26. The molecule has 0 aromatic heterocycles. The Labute approximate surface area is 138 Å². The van der Waals surface area contributed by atoms with E-state index in [0.717, 1.165) is 19.5 Å². The number of hydrogen-bond donors (Lipinski definition) is 1. The Balaban J connectivity index is 1.62. The predicted octanol–water partition coefficient (Wildman–Crippen LogP) is 2.26. The van der Waals surface area contributed by atoms with Gasteiger partial charge < -0.3 is 15.0 Å². The Morgan fingerprint density at radius 1 is 1.39 bits per heavy atom. The van der Waals surface area contributed by atoms with Gasteiger partial charge in [-0.25, -0.2) is 0 Å². The van der Waals surface area contributed by atoms with Crippen LogP contribution < -0.4 is 10.1 Å². The summed E-state index contributed by atoms with van der Waals surface area (Å²) in [5.41, 5.74) is 0.640. The molecule has 2 rings (SSSR count). The zero-order chi connectivity index (χ0) is 16.7. The number of nitrogens with zero attached hydrogens (tertiary/aromatic N) is 1. The van der Waals surface area contributed by atoms with Crippen molar-refractivity contribution in [2.45, 2.75) is 38.6 Å². The van der Waals surface area contributed by atoms with E-state index in [-0.39, 0.29) is 11.7 Å². The van der Waals surface area contributed by atoms with Crippen LogP contribution in [0.15, 0.2) is 24.3 Å². The molecule has 0 saturated carbocycles. The van der Waals surface area contributed by atoms with Gasteiger partial charge in [0.05, 0.1) is 6.61 Å². The van der Waals surface area contributed by atoms with Crippen LogP contribution in [0.1, 0.15) is 43.0 Å². The topological polar surface area (TPSA) is 58.6 Å². The third-order valence-electron chi connectivity index (χ3n) is 4.26. The number of carbonyl (C=O) groups excluding carboxylic acids is 2. The first-order valence-electron chi connectivity index (χ1n) is 8.27. The van der Waals surface area contributed by atoms with E-state index < -0.39 is 0 Å². The lowest BCUT2D eigenvalue weighted by Crippen LogP contribution is -2.38. The van der Waals surface area contributed by atoms with Gasteiger partial charge in [0.2, 0.25) is 5.91 Å². The van der Waals surface area contributed by atoms with Crippen LogP contribution in [0.4, 0.5) is 0 Å². The largest absolute Gasteiger partial charge is 0.494 e. The number of carbonyl (C=O) groups is 2. The number of likely N-dealkylation sites (tertiary alicyclic amines) is 1. The number of nitrogens with one attached hydrogen (secondary N) is 1. The predicted molar refractivity (Wildman–Crippen MR) is 89.8 cm³/mol. The summed E-state index contributed by atoms with van der Waals surface area (Å²) in [7, 11) is 2.10. The van der Waals surface area contributed by atoms with Crippen molar-refractivity contribution in [3.63, 3.8) is 0 Å². The van der Waals surface area contributed by atoms with Gasteiger partial charge in [0.1, 0.15) is 5.75 Å². The lowest BCUT2D eigenvalue weighted by atomic mass is 10.1. The van der Waals surface area contributed by atoms with Crippen molar-refractivity contribution in [2.24, 2.45) is 0 Å². The molecular formula is C18H26N2O3. The van der Waals surface area contributed by atoms with E-state index in [1.807, 2.05) is 6.07 Å². The van der Waals surface area contributed by atoms with Crippen molar-refractivity contribution in [1.82, 2.24) is 10.2 Å². The van der Waals surface area contributed by atoms with E-state index in [1.165, 1.54) is 13.3 Å². The van der Waals surface area contributed by atoms with E-state index >= 15 is 0 Å². The first kappa shape index (κ1) is 17.5. The maximum absolute atomic E-state index is 11.8. The Morgan fingerprint density at radius 3 is 2.91 bits per heavy atom. The van der Waals surface area contributed by atoms with Crippen molar-refractivity contribution in [3.05, 3.63) is 29.8 Å². The molecule has 23 heavy (non-hydrogen) atoms. The van der Waals surface area contributed by atoms with Crippen molar-refractivity contribution in [1.29, 1.82) is 0 Å². The van der Waals surface area contributed by atoms with Crippen molar-refractivity contribution in [3.8, 4) is 5.75 Å². The van der Waals surface area contributed by atoms with Crippen LogP contribution in [0.25, 0.3) is 0 Å². The van der Waals surface area contributed by atoms with E-state index in [9.17, 15) is 9.59 Å². The highest BCUT2D eigenvalue weighted by Gasteiger charge is 2.20. The molecule has 0 unspecified atom stereocenters. The second kappa shape index (κ2) is 8.67. The molecule has 1 fully saturated rings. The van der Waals surface area contributed by atoms with Gasteiger partial charge in [0.25, 0.3) is 0 Å². The van der Waals surface area contributed by atoms with Crippen LogP contribution in [0.3, 0.4) is 0 Å². The van der Waals surface area contributed by atoms with Crippen molar-refractivity contribution < 1.29 is 14.3 Å². The van der Waals surface area contributed by atoms with Crippen LogP contribution >= 0.6 is 0 Å². The minimum Gasteiger partial charge on any atom is -0.494 e. The summed E-state index contributed by atoms with van der Waals surface area (Å²) < 4.78 is 5.60. The number of Topliss-reactive ketones (excluding diaryl/α,β-unsaturated/α-hetero) is 1. The highest BCUT2D eigenvalue weighted by Crippen LogP contribution is 2.15. The summed E-state index contributed by atoms with van der Waals surface area (Å²) in [6.07, 6.45) is 3.50. The number of ether oxygens (including phenoxy) is 1. The summed E-state index contributed by atoms with van der Waals surface area (Å²) in [5, 5.41) is 3.00. The summed E-state index contributed by atoms with van der Waals surface area (Å²) in [6, 6.07) is 7.60. The smallest absolute Gasteiger partial charge is 0.220 e. The molecule has 1 N–H and O–H groups in total. The number of amides is 1. The Bertz CT molecular complexity index is 545. The molecule has 5 nitrogen and oxygen atoms in total. The van der Waals surface area contributed by atoms with Crippen LogP contribution in [-0.4, -0.2) is 49.4 Å². The molecule has 1 heterocycles. The minimum absolute atomic E-state index is 0.0201. The SMILES string of the molecule is CC(=O)c1cccc(OCCCC(=O)NC[C@H]2CCCN2C)c1. The number of rotatable bonds is 8. The molecule has 1 aromatic rings. The summed E-state index contributed by atoms with van der Waals surface area (Å²) in [6.45, 7) is 3.86. The first-order valence-corrected chi connectivity index (χ1v) is 8.27. The molecule has 0 aliphatic carbocycles. The van der Waals surface area contributed by atoms with Gasteiger partial charge in [-0.15, -0.1) is 0 Å². The molecule has 126 valence electrons. The highest BCUT2D eigenvalue weighted by molar-refractivity contribution is 5.94. The van der Waals surface area contributed by atoms with E-state index in [4.69, 9.17) is 4.74 Å². The normalized spacial score (nSPS) is 17.9. The highest BCUT2D eigenvalue weighted by atomic mass is 16.5. The molecule has 1 atom stereocenters. The number of likely N-dealkylation sites (N-methyl/N-ethyl adjacent to an activating group) is 1. The van der Waals surface area contributed by atoms with E-state index in [1.54, 1.807) is 18.2 Å². The standard InChI is InChI=1S/C18H26N2O3/c1-14(21)15-6-3-8-17(12-15)23-11-5-9-18(22)19-13-16-7-4-10-20(16)2/h3,6,8,12,16H,4-5,7,9-11,13H2,1-2H3,(H,19,22)/t16-/m1/s1. The average Bonchev–Trinajstić information content (AvgIpc) is 2.95. The van der Waals surface area contributed by atoms with Gasteiger partial charge in [0, 0.05) is 24.6 Å². The van der Waals surface area contributed by atoms with Crippen LogP contribution in [-0.2, 0) is 4.79 Å². The van der Waals surface area contributed by atoms with E-state index in [2.05, 4.69) is 17.3 Å². The second-order valence-electron chi connectivity index (χ2n) is 6.12. The van der Waals surface area contributed by atoms with E-state index in [0.29, 0.717) is 36.8 Å². The lowest BCUT2D eigenvalue weighted by Gasteiger charge is -2.19. The monoisotopic (exact) mass is 318 g/mol. The molecule has 5 heteroatoms. The molecule has 1 aromatic carbocycles. The molecule has 1 aliphatic rings. The van der Waals surface area contributed by atoms with Gasteiger partial charge in [0.15, 0.2) is 5.78 Å². The zero-order valence-electron chi connectivity index (χ0n) is 14.0. The maximum atomic E-state index is 11.8. The molecule has 0 spiro atoms. The average molecular weight is 318 g/mol. The number of ketones is 1. The van der Waals surface area contributed by atoms with Gasteiger partial charge in [-0.1, -0.05) is 12.1 Å². The van der Waals surface area contributed by atoms with Crippen LogP contribution in [0, 0.1) is 0 Å². The van der Waals surface area contributed by atoms with Crippen molar-refractivity contribution in [2.75, 3.05) is 26.7 Å². The molecule has 0 radical (unpaired) electrons. The first-order chi connectivity index (χ1) is 11.1. The Hall–Kier alpha value is -1.88. The Kier molecular flexibility index (Phi) is 6.59. The molecule has 1 saturated heterocycles. The van der Waals surface area contributed by atoms with Crippen LogP contribution in [0.5, 0.6) is 5.75 Å². The maximum Gasteiger partial charge on any atom is 0.220 e. The Morgan fingerprint density at radius 2 is 2.22 bits per heavy atom. The minimum atomic E-state index is 0.0201. The van der Waals surface area contributed by atoms with Crippen LogP contribution in [0.2, 0.25) is 0 Å². The van der Waals surface area contributed by atoms with Crippen molar-refractivity contribution >= 4 is 11.7 Å². The van der Waals surface area contributed by atoms with Gasteiger partial charge >= 0.3 is 0 Å². The zero-order valence-corrected chi connectivity index (χ0v) is 14.0. The van der Waals surface area contributed by atoms with Gasteiger partial charge in [-0.3, -0.25) is 9.59 Å².